The quantitative estimate of drug-likeness (QED) is 0.576. The van der Waals surface area contributed by atoms with Crippen LogP contribution >= 0.6 is 12.2 Å². The highest BCUT2D eigenvalue weighted by molar-refractivity contribution is 7.71. The third-order valence-corrected chi connectivity index (χ3v) is 1.83. The van der Waals surface area contributed by atoms with Crippen molar-refractivity contribution >= 4 is 24.1 Å². The molecule has 4 heteroatoms. The average Bonchev–Trinajstić information content (AvgIpc) is 2.31. The van der Waals surface area contributed by atoms with Crippen LogP contribution in [0.25, 0.3) is 6.08 Å². The number of imidazole rings is 1. The molecular formula is C7H6N2OS. The summed E-state index contributed by atoms with van der Waals surface area (Å²) < 4.78 is 0.509. The van der Waals surface area contributed by atoms with Gasteiger partial charge in [-0.3, -0.25) is 4.79 Å². The van der Waals surface area contributed by atoms with Crippen molar-refractivity contribution in [1.29, 1.82) is 0 Å². The van der Waals surface area contributed by atoms with Crippen molar-refractivity contribution in [2.24, 2.45) is 0 Å². The number of hydrogen-bond donors (Lipinski definition) is 2. The third kappa shape index (κ3) is 0.952. The molecule has 0 fully saturated rings. The Morgan fingerprint density at radius 2 is 2.27 bits per heavy atom. The number of aromatic amines is 2. The van der Waals surface area contributed by atoms with Crippen LogP contribution < -0.4 is 0 Å². The predicted octanol–water partition coefficient (Wildman–Crippen LogP) is 1.67. The monoisotopic (exact) mass is 166 g/mol. The van der Waals surface area contributed by atoms with Gasteiger partial charge in [-0.25, -0.2) is 0 Å². The number of hydrogen-bond acceptors (Lipinski definition) is 2. The predicted molar refractivity (Wildman–Crippen MR) is 44.0 cm³/mol. The van der Waals surface area contributed by atoms with Crippen LogP contribution in [0.2, 0.25) is 0 Å². The van der Waals surface area contributed by atoms with Crippen LogP contribution in [-0.2, 0) is 0 Å². The molecule has 1 aliphatic rings. The molecule has 0 saturated heterocycles. The van der Waals surface area contributed by atoms with Crippen molar-refractivity contribution in [3.8, 4) is 0 Å². The number of H-pyrrole nitrogens is 2. The SMILES string of the molecule is O=C1CC=Cc2[nH]c(=S)[nH]c21. The summed E-state index contributed by atoms with van der Waals surface area (Å²) in [4.78, 5) is 16.8. The zero-order chi connectivity index (χ0) is 7.84. The molecule has 0 amide bonds. The summed E-state index contributed by atoms with van der Waals surface area (Å²) in [6.45, 7) is 0. The van der Waals surface area contributed by atoms with E-state index in [0.29, 0.717) is 16.9 Å². The lowest BCUT2D eigenvalue weighted by Crippen LogP contribution is -2.03. The summed E-state index contributed by atoms with van der Waals surface area (Å²) in [5.41, 5.74) is 1.41. The van der Waals surface area contributed by atoms with Gasteiger partial charge in [0.25, 0.3) is 0 Å². The molecule has 1 heterocycles. The average molecular weight is 166 g/mol. The highest BCUT2D eigenvalue weighted by Gasteiger charge is 2.14. The fourth-order valence-corrected chi connectivity index (χ4v) is 1.34. The van der Waals surface area contributed by atoms with E-state index in [1.54, 1.807) is 0 Å². The van der Waals surface area contributed by atoms with Crippen LogP contribution in [-0.4, -0.2) is 15.8 Å². The number of allylic oxidation sites excluding steroid dienone is 1. The Bertz CT molecular complexity index is 385. The Kier molecular flexibility index (Phi) is 1.29. The highest BCUT2D eigenvalue weighted by Crippen LogP contribution is 2.14. The van der Waals surface area contributed by atoms with Gasteiger partial charge < -0.3 is 9.97 Å². The van der Waals surface area contributed by atoms with E-state index >= 15 is 0 Å². The van der Waals surface area contributed by atoms with E-state index in [4.69, 9.17) is 12.2 Å². The Hall–Kier alpha value is -1.16. The second-order valence-corrected chi connectivity index (χ2v) is 2.81. The van der Waals surface area contributed by atoms with E-state index in [0.717, 1.165) is 5.69 Å². The van der Waals surface area contributed by atoms with Crippen molar-refractivity contribution in [1.82, 2.24) is 9.97 Å². The van der Waals surface area contributed by atoms with Gasteiger partial charge in [0.05, 0.1) is 5.69 Å². The summed E-state index contributed by atoms with van der Waals surface area (Å²) >= 11 is 4.84. The first-order valence-corrected chi connectivity index (χ1v) is 3.70. The molecule has 1 aromatic rings. The van der Waals surface area contributed by atoms with Crippen LogP contribution in [0, 0.1) is 4.77 Å². The van der Waals surface area contributed by atoms with Gasteiger partial charge in [0.15, 0.2) is 10.6 Å². The Labute approximate surface area is 68.1 Å². The minimum Gasteiger partial charge on any atom is -0.331 e. The largest absolute Gasteiger partial charge is 0.331 e. The van der Waals surface area contributed by atoms with E-state index in [1.165, 1.54) is 0 Å². The van der Waals surface area contributed by atoms with Crippen LogP contribution in [0.15, 0.2) is 6.08 Å². The molecule has 3 nitrogen and oxygen atoms in total. The molecule has 2 N–H and O–H groups in total. The summed E-state index contributed by atoms with van der Waals surface area (Å²) in [5.74, 6) is 0.0925. The number of rotatable bonds is 0. The lowest BCUT2D eigenvalue weighted by atomic mass is 10.1. The fourth-order valence-electron chi connectivity index (χ4n) is 1.13. The zero-order valence-electron chi connectivity index (χ0n) is 5.68. The van der Waals surface area contributed by atoms with Crippen LogP contribution in [0.1, 0.15) is 22.6 Å². The molecule has 0 atom stereocenters. The molecule has 0 saturated carbocycles. The second kappa shape index (κ2) is 2.17. The molecule has 0 unspecified atom stereocenters. The van der Waals surface area contributed by atoms with Gasteiger partial charge in [-0.05, 0) is 18.3 Å². The molecular weight excluding hydrogens is 160 g/mol. The molecule has 11 heavy (non-hydrogen) atoms. The van der Waals surface area contributed by atoms with Crippen LogP contribution in [0.4, 0.5) is 0 Å². The van der Waals surface area contributed by atoms with Crippen molar-refractivity contribution in [3.05, 3.63) is 22.2 Å². The maximum Gasteiger partial charge on any atom is 0.184 e. The first kappa shape index (κ1) is 6.54. The Balaban J connectivity index is 2.71. The lowest BCUT2D eigenvalue weighted by molar-refractivity contribution is 0.0990. The molecule has 0 spiro atoms. The van der Waals surface area contributed by atoms with E-state index in [2.05, 4.69) is 9.97 Å². The summed E-state index contributed by atoms with van der Waals surface area (Å²) in [6, 6.07) is 0. The van der Waals surface area contributed by atoms with Crippen molar-refractivity contribution < 1.29 is 4.79 Å². The van der Waals surface area contributed by atoms with E-state index in [1.807, 2.05) is 12.2 Å². The number of Topliss-reactive ketones (excluding diaryl/α,β-unsaturated/α-hetero) is 1. The van der Waals surface area contributed by atoms with Crippen LogP contribution in [0.5, 0.6) is 0 Å². The van der Waals surface area contributed by atoms with Crippen molar-refractivity contribution in [2.75, 3.05) is 0 Å². The topological polar surface area (TPSA) is 48.6 Å². The molecule has 1 aromatic heterocycles. The summed E-state index contributed by atoms with van der Waals surface area (Å²) in [6.07, 6.45) is 4.16. The van der Waals surface area contributed by atoms with Gasteiger partial charge in [-0.1, -0.05) is 6.08 Å². The maximum atomic E-state index is 11.2. The number of aromatic nitrogens is 2. The van der Waals surface area contributed by atoms with E-state index < -0.39 is 0 Å². The number of carbonyl (C=O) groups is 1. The Morgan fingerprint density at radius 1 is 1.45 bits per heavy atom. The Morgan fingerprint density at radius 3 is 3.00 bits per heavy atom. The minimum atomic E-state index is 0.0925. The number of fused-ring (bicyclic) bond motifs is 1. The van der Waals surface area contributed by atoms with Gasteiger partial charge in [0, 0.05) is 6.42 Å². The lowest BCUT2D eigenvalue weighted by Gasteiger charge is -2.00. The smallest absolute Gasteiger partial charge is 0.184 e. The zero-order valence-corrected chi connectivity index (χ0v) is 6.49. The number of carbonyl (C=O) groups excluding carboxylic acids is 1. The highest BCUT2D eigenvalue weighted by atomic mass is 32.1. The van der Waals surface area contributed by atoms with E-state index in [9.17, 15) is 4.79 Å². The maximum absolute atomic E-state index is 11.2. The van der Waals surface area contributed by atoms with Crippen molar-refractivity contribution in [2.45, 2.75) is 6.42 Å². The molecule has 0 aromatic carbocycles. The first-order valence-electron chi connectivity index (χ1n) is 3.29. The standard InChI is InChI=1S/C7H6N2OS/c10-5-3-1-2-4-6(5)9-7(11)8-4/h1-2H,3H2,(H2,8,9,11). The third-order valence-electron chi connectivity index (χ3n) is 1.62. The van der Waals surface area contributed by atoms with Crippen molar-refractivity contribution in [3.63, 3.8) is 0 Å². The molecule has 0 aliphatic heterocycles. The summed E-state index contributed by atoms with van der Waals surface area (Å²) in [7, 11) is 0. The second-order valence-electron chi connectivity index (χ2n) is 2.40. The number of nitrogens with one attached hydrogen (secondary N) is 2. The fraction of sp³-hybridized carbons (Fsp3) is 0.143. The number of ketones is 1. The molecule has 0 bridgehead atoms. The minimum absolute atomic E-state index is 0.0925. The normalized spacial score (nSPS) is 15.1. The molecule has 1 aliphatic carbocycles. The summed E-state index contributed by atoms with van der Waals surface area (Å²) in [5, 5.41) is 0. The van der Waals surface area contributed by atoms with Gasteiger partial charge in [0.2, 0.25) is 0 Å². The van der Waals surface area contributed by atoms with E-state index in [-0.39, 0.29) is 5.78 Å². The molecule has 0 radical (unpaired) electrons. The van der Waals surface area contributed by atoms with Gasteiger partial charge in [-0.2, -0.15) is 0 Å². The van der Waals surface area contributed by atoms with Gasteiger partial charge in [-0.15, -0.1) is 0 Å². The molecule has 2 rings (SSSR count). The first-order chi connectivity index (χ1) is 5.27. The van der Waals surface area contributed by atoms with Gasteiger partial charge in [0.1, 0.15) is 5.69 Å². The van der Waals surface area contributed by atoms with Gasteiger partial charge >= 0.3 is 0 Å². The molecule has 56 valence electrons. The van der Waals surface area contributed by atoms with Crippen LogP contribution in [0.3, 0.4) is 0 Å².